The Morgan fingerprint density at radius 2 is 0.983 bits per heavy atom. The number of hydrogen-bond acceptors (Lipinski definition) is 12. The highest BCUT2D eigenvalue weighted by Gasteiger charge is 2.55. The standard InChI is InChI=1S/C16H26O2.C12H22O2.C9H18O3.C8H16O3.2CH4O/c1-4-16(2,3)15(17)18-14-9-10-8-13(14)12-7-5-6-11(10)12;1-4-12(2,3)11(13)14-10-8-6-5-7-9-10;1-5-9(3,4)8(11)12-6-7(2)10;1-4-8(2,3)7(10)11-6-5-9;2*1-2/h10-14H,4-9H2,1-3H3;10H,4-9H2,1-3H3;7,10H,5-6H2,1-4H3;9H,4-6H2,1-3H3;2*2H,1H3. The minimum atomic E-state index is -0.582. The fourth-order valence-corrected chi connectivity index (χ4v) is 7.23. The molecule has 4 N–H and O–H groups in total. The van der Waals surface area contributed by atoms with Crippen molar-refractivity contribution in [3.8, 4) is 0 Å². The number of aliphatic hydroxyl groups is 4. The molecule has 0 aromatic carbocycles. The summed E-state index contributed by atoms with van der Waals surface area (Å²) < 4.78 is 21.0. The molecule has 12 nitrogen and oxygen atoms in total. The molecule has 0 heterocycles. The third kappa shape index (κ3) is 20.4. The van der Waals surface area contributed by atoms with Gasteiger partial charge in [0, 0.05) is 14.2 Å². The van der Waals surface area contributed by atoms with Gasteiger partial charge in [0.2, 0.25) is 0 Å². The molecule has 4 aliphatic carbocycles. The van der Waals surface area contributed by atoms with Crippen LogP contribution in [0.2, 0.25) is 0 Å². The molecule has 4 aliphatic rings. The summed E-state index contributed by atoms with van der Waals surface area (Å²) in [6, 6.07) is 0. The number of aliphatic hydroxyl groups excluding tert-OH is 4. The Hall–Kier alpha value is -2.28. The van der Waals surface area contributed by atoms with E-state index in [0.29, 0.717) is 5.92 Å². The van der Waals surface area contributed by atoms with Gasteiger partial charge in [-0.2, -0.15) is 0 Å². The van der Waals surface area contributed by atoms with E-state index in [1.807, 2.05) is 76.2 Å². The molecule has 0 aromatic heterocycles. The highest BCUT2D eigenvalue weighted by atomic mass is 16.6. The summed E-state index contributed by atoms with van der Waals surface area (Å²) in [5.41, 5.74) is -1.47. The molecule has 4 fully saturated rings. The Bertz CT molecular complexity index is 1170. The van der Waals surface area contributed by atoms with E-state index in [1.54, 1.807) is 6.92 Å². The first-order valence-corrected chi connectivity index (χ1v) is 22.5. The largest absolute Gasteiger partial charge is 0.463 e. The smallest absolute Gasteiger partial charge is 0.311 e. The molecule has 0 radical (unpaired) electrons. The highest BCUT2D eigenvalue weighted by Crippen LogP contribution is 2.59. The molecule has 0 aliphatic heterocycles. The predicted octanol–water partition coefficient (Wildman–Crippen LogP) is 8.61. The van der Waals surface area contributed by atoms with E-state index in [9.17, 15) is 19.2 Å². The van der Waals surface area contributed by atoms with Crippen LogP contribution in [-0.2, 0) is 38.1 Å². The van der Waals surface area contributed by atoms with Crippen LogP contribution in [0, 0.1) is 45.3 Å². The average Bonchev–Trinajstić information content (AvgIpc) is 3.97. The lowest BCUT2D eigenvalue weighted by Gasteiger charge is -2.33. The molecule has 6 unspecified atom stereocenters. The maximum Gasteiger partial charge on any atom is 0.311 e. The van der Waals surface area contributed by atoms with E-state index >= 15 is 0 Å². The normalized spacial score (nSPS) is 22.6. The van der Waals surface area contributed by atoms with Crippen molar-refractivity contribution < 1.29 is 58.6 Å². The van der Waals surface area contributed by atoms with E-state index in [0.717, 1.165) is 76.9 Å². The van der Waals surface area contributed by atoms with Gasteiger partial charge in [-0.25, -0.2) is 0 Å². The van der Waals surface area contributed by atoms with Crippen LogP contribution in [0.5, 0.6) is 0 Å². The molecule has 0 amide bonds. The Balaban J connectivity index is 0. The van der Waals surface area contributed by atoms with Gasteiger partial charge in [-0.05, 0) is 163 Å². The molecule has 6 atom stereocenters. The lowest BCUT2D eigenvalue weighted by atomic mass is 9.80. The second-order valence-electron chi connectivity index (χ2n) is 19.0. The zero-order chi connectivity index (χ0) is 46.2. The molecule has 350 valence electrons. The molecule has 4 saturated carbocycles. The fraction of sp³-hybridized carbons (Fsp3) is 0.915. The summed E-state index contributed by atoms with van der Waals surface area (Å²) in [5.74, 6) is 2.93. The molecule has 0 aromatic rings. The van der Waals surface area contributed by atoms with Crippen molar-refractivity contribution in [3.63, 3.8) is 0 Å². The van der Waals surface area contributed by atoms with Crippen LogP contribution in [0.1, 0.15) is 180 Å². The average molecular weight is 847 g/mol. The summed E-state index contributed by atoms with van der Waals surface area (Å²) in [6.07, 6.45) is 15.6. The summed E-state index contributed by atoms with van der Waals surface area (Å²) >= 11 is 0. The first-order valence-electron chi connectivity index (χ1n) is 22.5. The van der Waals surface area contributed by atoms with Crippen LogP contribution in [0.4, 0.5) is 0 Å². The van der Waals surface area contributed by atoms with Gasteiger partial charge in [0.15, 0.2) is 0 Å². The van der Waals surface area contributed by atoms with Crippen molar-refractivity contribution in [2.24, 2.45) is 45.3 Å². The lowest BCUT2D eigenvalue weighted by molar-refractivity contribution is -0.164. The molecule has 12 heteroatoms. The van der Waals surface area contributed by atoms with Crippen molar-refractivity contribution in [1.29, 1.82) is 0 Å². The van der Waals surface area contributed by atoms with Gasteiger partial charge < -0.3 is 39.4 Å². The maximum absolute atomic E-state index is 12.2. The van der Waals surface area contributed by atoms with Gasteiger partial charge in [-0.1, -0.05) is 40.5 Å². The van der Waals surface area contributed by atoms with Crippen molar-refractivity contribution in [1.82, 2.24) is 0 Å². The van der Waals surface area contributed by atoms with Crippen LogP contribution in [0.25, 0.3) is 0 Å². The summed E-state index contributed by atoms with van der Waals surface area (Å²) in [5, 5.41) is 31.2. The van der Waals surface area contributed by atoms with E-state index < -0.39 is 16.9 Å². The monoisotopic (exact) mass is 847 g/mol. The first-order chi connectivity index (χ1) is 27.5. The van der Waals surface area contributed by atoms with E-state index in [4.69, 9.17) is 39.4 Å². The lowest BCUT2D eigenvalue weighted by Crippen LogP contribution is -2.36. The second-order valence-corrected chi connectivity index (χ2v) is 19.0. The third-order valence-corrected chi connectivity index (χ3v) is 13.0. The number of hydrogen-bond donors (Lipinski definition) is 4. The number of ether oxygens (including phenoxy) is 4. The summed E-state index contributed by atoms with van der Waals surface area (Å²) in [6.45, 7) is 24.9. The van der Waals surface area contributed by atoms with Crippen molar-refractivity contribution in [2.45, 2.75) is 198 Å². The van der Waals surface area contributed by atoms with Gasteiger partial charge >= 0.3 is 23.9 Å². The van der Waals surface area contributed by atoms with Crippen molar-refractivity contribution >= 4 is 23.9 Å². The molecular weight excluding hydrogens is 757 g/mol. The third-order valence-electron chi connectivity index (χ3n) is 13.0. The van der Waals surface area contributed by atoms with Crippen LogP contribution < -0.4 is 0 Å². The highest BCUT2D eigenvalue weighted by molar-refractivity contribution is 5.77. The first kappa shape index (κ1) is 58.8. The summed E-state index contributed by atoms with van der Waals surface area (Å²) in [4.78, 5) is 46.3. The number of fused-ring (bicyclic) bond motifs is 5. The van der Waals surface area contributed by atoms with Crippen molar-refractivity contribution in [3.05, 3.63) is 0 Å². The molecule has 4 rings (SSSR count). The topological polar surface area (TPSA) is 186 Å². The Morgan fingerprint density at radius 3 is 1.42 bits per heavy atom. The zero-order valence-electron chi connectivity index (χ0n) is 40.1. The number of esters is 4. The Labute approximate surface area is 359 Å². The van der Waals surface area contributed by atoms with Gasteiger partial charge in [-0.15, -0.1) is 0 Å². The fourth-order valence-electron chi connectivity index (χ4n) is 7.23. The maximum atomic E-state index is 12.2. The van der Waals surface area contributed by atoms with Gasteiger partial charge in [0.25, 0.3) is 0 Å². The van der Waals surface area contributed by atoms with E-state index in [1.165, 1.54) is 44.9 Å². The van der Waals surface area contributed by atoms with E-state index in [-0.39, 0.29) is 66.7 Å². The van der Waals surface area contributed by atoms with Gasteiger partial charge in [0.05, 0.1) is 34.4 Å². The summed E-state index contributed by atoms with van der Waals surface area (Å²) in [7, 11) is 2.00. The predicted molar refractivity (Wildman–Crippen MR) is 233 cm³/mol. The number of carbonyl (C=O) groups is 4. The van der Waals surface area contributed by atoms with E-state index in [2.05, 4.69) is 6.92 Å². The molecular formula is C47H90O12. The molecule has 2 bridgehead atoms. The van der Waals surface area contributed by atoms with Crippen LogP contribution in [0.3, 0.4) is 0 Å². The van der Waals surface area contributed by atoms with Gasteiger partial charge in [-0.3, -0.25) is 19.2 Å². The molecule has 0 spiro atoms. The molecule has 0 saturated heterocycles. The SMILES string of the molecule is CCC(C)(C)C(=O)OC1CC2CC1C1CCCC21.CCC(C)(C)C(=O)OC1CCCCC1.CCC(C)(C)C(=O)OCC(C)O.CCC(C)(C)C(=O)OCCO.CO.CO. The Morgan fingerprint density at radius 1 is 0.559 bits per heavy atom. The zero-order valence-corrected chi connectivity index (χ0v) is 40.1. The van der Waals surface area contributed by atoms with Gasteiger partial charge in [0.1, 0.15) is 25.4 Å². The van der Waals surface area contributed by atoms with Crippen molar-refractivity contribution in [2.75, 3.05) is 34.0 Å². The Kier molecular flexibility index (Phi) is 29.0. The quantitative estimate of drug-likeness (QED) is 0.0965. The molecule has 59 heavy (non-hydrogen) atoms. The minimum Gasteiger partial charge on any atom is -0.463 e. The second kappa shape index (κ2) is 29.1. The van der Waals surface area contributed by atoms with Crippen LogP contribution >= 0.6 is 0 Å². The number of carbonyl (C=O) groups excluding carboxylic acids is 4. The number of rotatable bonds is 14. The minimum absolute atomic E-state index is 0.0214. The van der Waals surface area contributed by atoms with Crippen LogP contribution in [-0.4, -0.2) is 96.7 Å². The van der Waals surface area contributed by atoms with Crippen LogP contribution in [0.15, 0.2) is 0 Å².